The zero-order valence-electron chi connectivity index (χ0n) is 10.5. The number of benzene rings is 1. The van der Waals surface area contributed by atoms with E-state index in [0.717, 1.165) is 22.6 Å². The largest absolute Gasteiger partial charge is 0.481 e. The van der Waals surface area contributed by atoms with Crippen molar-refractivity contribution in [3.63, 3.8) is 0 Å². The van der Waals surface area contributed by atoms with E-state index in [0.29, 0.717) is 12.4 Å². The molecule has 0 spiro atoms. The Morgan fingerprint density at radius 1 is 1.28 bits per heavy atom. The smallest absolute Gasteiger partial charge is 0.221 e. The third-order valence-electron chi connectivity index (χ3n) is 2.72. The molecule has 3 N–H and O–H groups in total. The van der Waals surface area contributed by atoms with Gasteiger partial charge in [0.15, 0.2) is 0 Å². The van der Waals surface area contributed by atoms with E-state index in [1.807, 2.05) is 31.2 Å². The van der Waals surface area contributed by atoms with Crippen LogP contribution in [-0.4, -0.2) is 17.1 Å². The summed E-state index contributed by atoms with van der Waals surface area (Å²) in [6, 6.07) is 7.86. The minimum absolute atomic E-state index is 0.477. The predicted molar refractivity (Wildman–Crippen MR) is 70.9 cm³/mol. The van der Waals surface area contributed by atoms with Crippen molar-refractivity contribution in [2.24, 2.45) is 5.73 Å². The molecule has 94 valence electrons. The number of rotatable bonds is 4. The van der Waals surface area contributed by atoms with Crippen LogP contribution in [0.2, 0.25) is 0 Å². The fourth-order valence-corrected chi connectivity index (χ4v) is 1.71. The van der Waals surface area contributed by atoms with Crippen LogP contribution in [0, 0.1) is 6.92 Å². The number of nitrogens with two attached hydrogens (primary N) is 1. The zero-order chi connectivity index (χ0) is 13.0. The SMILES string of the molecule is COc1ncnc(Nc2ccccc2CN)c1C. The van der Waals surface area contributed by atoms with Crippen LogP contribution in [0.4, 0.5) is 11.5 Å². The summed E-state index contributed by atoms with van der Waals surface area (Å²) < 4.78 is 5.16. The summed E-state index contributed by atoms with van der Waals surface area (Å²) in [7, 11) is 1.59. The Kier molecular flexibility index (Phi) is 3.74. The summed E-state index contributed by atoms with van der Waals surface area (Å²) in [5, 5.41) is 3.26. The van der Waals surface area contributed by atoms with E-state index in [1.54, 1.807) is 7.11 Å². The molecule has 1 aromatic heterocycles. The molecule has 1 heterocycles. The first kappa shape index (κ1) is 12.3. The topological polar surface area (TPSA) is 73.1 Å². The van der Waals surface area contributed by atoms with Crippen LogP contribution in [0.3, 0.4) is 0 Å². The number of nitrogens with zero attached hydrogens (tertiary/aromatic N) is 2. The first-order valence-corrected chi connectivity index (χ1v) is 5.67. The molecule has 0 atom stereocenters. The molecule has 0 saturated carbocycles. The number of hydrogen-bond acceptors (Lipinski definition) is 5. The van der Waals surface area contributed by atoms with Gasteiger partial charge in [-0.25, -0.2) is 9.97 Å². The summed E-state index contributed by atoms with van der Waals surface area (Å²) >= 11 is 0. The predicted octanol–water partition coefficient (Wildman–Crippen LogP) is 2.00. The average Bonchev–Trinajstić information content (AvgIpc) is 2.42. The Balaban J connectivity index is 2.34. The molecule has 2 rings (SSSR count). The highest BCUT2D eigenvalue weighted by atomic mass is 16.5. The lowest BCUT2D eigenvalue weighted by atomic mass is 10.1. The summed E-state index contributed by atoms with van der Waals surface area (Å²) in [6.45, 7) is 2.39. The third kappa shape index (κ3) is 2.41. The molecule has 5 heteroatoms. The van der Waals surface area contributed by atoms with Crippen LogP contribution in [0.1, 0.15) is 11.1 Å². The van der Waals surface area contributed by atoms with Gasteiger partial charge in [-0.2, -0.15) is 0 Å². The van der Waals surface area contributed by atoms with Crippen molar-refractivity contribution in [2.75, 3.05) is 12.4 Å². The summed E-state index contributed by atoms with van der Waals surface area (Å²) in [5.74, 6) is 1.29. The molecule has 1 aromatic carbocycles. The number of anilines is 2. The quantitative estimate of drug-likeness (QED) is 0.860. The van der Waals surface area contributed by atoms with Gasteiger partial charge in [-0.15, -0.1) is 0 Å². The maximum atomic E-state index is 5.70. The number of ether oxygens (including phenoxy) is 1. The summed E-state index contributed by atoms with van der Waals surface area (Å²) in [4.78, 5) is 8.26. The van der Waals surface area contributed by atoms with Crippen LogP contribution in [-0.2, 0) is 6.54 Å². The second-order valence-electron chi connectivity index (χ2n) is 3.84. The van der Waals surface area contributed by atoms with Crippen LogP contribution >= 0.6 is 0 Å². The van der Waals surface area contributed by atoms with Crippen molar-refractivity contribution in [2.45, 2.75) is 13.5 Å². The molecule has 0 bridgehead atoms. The molecule has 18 heavy (non-hydrogen) atoms. The monoisotopic (exact) mass is 244 g/mol. The molecular weight excluding hydrogens is 228 g/mol. The fourth-order valence-electron chi connectivity index (χ4n) is 1.71. The summed E-state index contributed by atoms with van der Waals surface area (Å²) in [5.41, 5.74) is 8.55. The van der Waals surface area contributed by atoms with Gasteiger partial charge in [0.1, 0.15) is 12.1 Å². The molecule has 0 fully saturated rings. The normalized spacial score (nSPS) is 10.2. The van der Waals surface area contributed by atoms with Gasteiger partial charge in [-0.1, -0.05) is 18.2 Å². The van der Waals surface area contributed by atoms with Crippen LogP contribution in [0.25, 0.3) is 0 Å². The molecular formula is C13H16N4O. The molecule has 0 radical (unpaired) electrons. The number of para-hydroxylation sites is 1. The fraction of sp³-hybridized carbons (Fsp3) is 0.231. The van der Waals surface area contributed by atoms with Crippen LogP contribution in [0.15, 0.2) is 30.6 Å². The minimum Gasteiger partial charge on any atom is -0.481 e. The Bertz CT molecular complexity index is 542. The van der Waals surface area contributed by atoms with Crippen molar-refractivity contribution in [1.29, 1.82) is 0 Å². The van der Waals surface area contributed by atoms with E-state index in [9.17, 15) is 0 Å². The molecule has 5 nitrogen and oxygen atoms in total. The lowest BCUT2D eigenvalue weighted by molar-refractivity contribution is 0.394. The highest BCUT2D eigenvalue weighted by molar-refractivity contribution is 5.63. The van der Waals surface area contributed by atoms with E-state index >= 15 is 0 Å². The van der Waals surface area contributed by atoms with E-state index in [-0.39, 0.29) is 0 Å². The Morgan fingerprint density at radius 3 is 2.78 bits per heavy atom. The van der Waals surface area contributed by atoms with Gasteiger partial charge in [0.2, 0.25) is 5.88 Å². The molecule has 0 unspecified atom stereocenters. The van der Waals surface area contributed by atoms with Crippen molar-refractivity contribution >= 4 is 11.5 Å². The van der Waals surface area contributed by atoms with Crippen molar-refractivity contribution in [3.8, 4) is 5.88 Å². The zero-order valence-corrected chi connectivity index (χ0v) is 10.5. The van der Waals surface area contributed by atoms with E-state index in [1.165, 1.54) is 6.33 Å². The van der Waals surface area contributed by atoms with Crippen LogP contribution in [0.5, 0.6) is 5.88 Å². The second kappa shape index (κ2) is 5.46. The number of methoxy groups -OCH3 is 1. The average molecular weight is 244 g/mol. The molecule has 0 aliphatic rings. The maximum Gasteiger partial charge on any atom is 0.221 e. The van der Waals surface area contributed by atoms with Gasteiger partial charge in [0, 0.05) is 12.2 Å². The molecule has 0 amide bonds. The molecule has 0 saturated heterocycles. The summed E-state index contributed by atoms with van der Waals surface area (Å²) in [6.07, 6.45) is 1.47. The van der Waals surface area contributed by atoms with Gasteiger partial charge in [0.05, 0.1) is 12.7 Å². The standard InChI is InChI=1S/C13H16N4O/c1-9-12(15-8-16-13(9)18-2)17-11-6-4-3-5-10(11)7-14/h3-6,8H,7,14H2,1-2H3,(H,15,16,17). The molecule has 0 aliphatic carbocycles. The maximum absolute atomic E-state index is 5.70. The van der Waals surface area contributed by atoms with Crippen molar-refractivity contribution in [3.05, 3.63) is 41.7 Å². The van der Waals surface area contributed by atoms with Gasteiger partial charge in [-0.3, -0.25) is 0 Å². The Hall–Kier alpha value is -2.14. The van der Waals surface area contributed by atoms with Gasteiger partial charge in [-0.05, 0) is 18.6 Å². The van der Waals surface area contributed by atoms with E-state index in [4.69, 9.17) is 10.5 Å². The first-order valence-electron chi connectivity index (χ1n) is 5.67. The number of aromatic nitrogens is 2. The molecule has 0 aliphatic heterocycles. The lowest BCUT2D eigenvalue weighted by Gasteiger charge is -2.12. The number of nitrogens with one attached hydrogen (secondary N) is 1. The van der Waals surface area contributed by atoms with Crippen molar-refractivity contribution < 1.29 is 4.74 Å². The van der Waals surface area contributed by atoms with E-state index < -0.39 is 0 Å². The van der Waals surface area contributed by atoms with Crippen LogP contribution < -0.4 is 15.8 Å². The van der Waals surface area contributed by atoms with Crippen molar-refractivity contribution in [1.82, 2.24) is 9.97 Å². The number of hydrogen-bond donors (Lipinski definition) is 2. The van der Waals surface area contributed by atoms with Gasteiger partial charge in [0.25, 0.3) is 0 Å². The third-order valence-corrected chi connectivity index (χ3v) is 2.72. The highest BCUT2D eigenvalue weighted by Gasteiger charge is 2.08. The lowest BCUT2D eigenvalue weighted by Crippen LogP contribution is -2.04. The molecule has 2 aromatic rings. The highest BCUT2D eigenvalue weighted by Crippen LogP contribution is 2.25. The second-order valence-corrected chi connectivity index (χ2v) is 3.84. The first-order chi connectivity index (χ1) is 8.76. The Morgan fingerprint density at radius 2 is 2.06 bits per heavy atom. The van der Waals surface area contributed by atoms with Gasteiger partial charge >= 0.3 is 0 Å². The van der Waals surface area contributed by atoms with E-state index in [2.05, 4.69) is 15.3 Å². The minimum atomic E-state index is 0.477. The Labute approximate surface area is 106 Å². The van der Waals surface area contributed by atoms with Gasteiger partial charge < -0.3 is 15.8 Å².